The van der Waals surface area contributed by atoms with Gasteiger partial charge in [0, 0.05) is 28.8 Å². The molecule has 0 fully saturated rings. The molecule has 116 valence electrons. The summed E-state index contributed by atoms with van der Waals surface area (Å²) < 4.78 is 10.7. The number of carbonyl (C=O) groups excluding carboxylic acids is 1. The van der Waals surface area contributed by atoms with Crippen LogP contribution in [-0.4, -0.2) is 23.3 Å². The van der Waals surface area contributed by atoms with E-state index in [0.717, 1.165) is 22.2 Å². The molecule has 5 heteroatoms. The van der Waals surface area contributed by atoms with Gasteiger partial charge in [-0.25, -0.2) is 0 Å². The quantitative estimate of drug-likeness (QED) is 0.687. The number of Topliss-reactive ketones (excluding diaryl/α,β-unsaturated/α-hetero) is 1. The van der Waals surface area contributed by atoms with Gasteiger partial charge in [-0.2, -0.15) is 0 Å². The highest BCUT2D eigenvalue weighted by Crippen LogP contribution is 2.40. The molecular weight excluding hydrogens is 304 g/mol. The summed E-state index contributed by atoms with van der Waals surface area (Å²) in [5.74, 6) is 1.27. The fourth-order valence-corrected chi connectivity index (χ4v) is 3.18. The summed E-state index contributed by atoms with van der Waals surface area (Å²) >= 11 is 0. The molecule has 5 nitrogen and oxygen atoms in total. The van der Waals surface area contributed by atoms with Gasteiger partial charge in [-0.3, -0.25) is 14.8 Å². The summed E-state index contributed by atoms with van der Waals surface area (Å²) in [4.78, 5) is 21.7. The Hall–Kier alpha value is -3.21. The molecule has 2 aromatic carbocycles. The Labute approximate surface area is 137 Å². The first-order valence-electron chi connectivity index (χ1n) is 7.68. The molecule has 0 saturated carbocycles. The van der Waals surface area contributed by atoms with E-state index in [9.17, 15) is 4.79 Å². The third-order valence-corrected chi connectivity index (χ3v) is 4.33. The van der Waals surface area contributed by atoms with Gasteiger partial charge >= 0.3 is 0 Å². The minimum Gasteiger partial charge on any atom is -0.454 e. The first kappa shape index (κ1) is 13.2. The van der Waals surface area contributed by atoms with Crippen LogP contribution in [0.4, 0.5) is 5.69 Å². The van der Waals surface area contributed by atoms with Gasteiger partial charge in [-0.15, -0.1) is 0 Å². The zero-order valence-electron chi connectivity index (χ0n) is 12.7. The fraction of sp³-hybridized carbons (Fsp3) is 0.105. The maximum atomic E-state index is 12.6. The van der Waals surface area contributed by atoms with E-state index in [1.54, 1.807) is 18.3 Å². The molecule has 0 saturated heterocycles. The van der Waals surface area contributed by atoms with Crippen LogP contribution < -0.4 is 9.47 Å². The number of hydrogen-bond acceptors (Lipinski definition) is 5. The van der Waals surface area contributed by atoms with Crippen molar-refractivity contribution in [1.82, 2.24) is 4.98 Å². The van der Waals surface area contributed by atoms with Gasteiger partial charge in [-0.05, 0) is 18.2 Å². The summed E-state index contributed by atoms with van der Waals surface area (Å²) in [7, 11) is 0. The molecule has 0 N–H and O–H groups in total. The Morgan fingerprint density at radius 2 is 1.79 bits per heavy atom. The van der Waals surface area contributed by atoms with Crippen LogP contribution in [-0.2, 0) is 0 Å². The van der Waals surface area contributed by atoms with Crippen molar-refractivity contribution in [3.8, 4) is 11.5 Å². The van der Waals surface area contributed by atoms with Crippen LogP contribution in [0.5, 0.6) is 11.5 Å². The van der Waals surface area contributed by atoms with E-state index < -0.39 is 0 Å². The number of aromatic nitrogens is 1. The van der Waals surface area contributed by atoms with Crippen molar-refractivity contribution in [2.24, 2.45) is 4.99 Å². The van der Waals surface area contributed by atoms with Crippen LogP contribution in [0.15, 0.2) is 53.7 Å². The van der Waals surface area contributed by atoms with Crippen LogP contribution in [0.3, 0.4) is 0 Å². The molecule has 2 aliphatic heterocycles. The summed E-state index contributed by atoms with van der Waals surface area (Å²) in [6.45, 7) is 0.179. The monoisotopic (exact) mass is 316 g/mol. The van der Waals surface area contributed by atoms with Crippen molar-refractivity contribution >= 4 is 28.1 Å². The molecule has 3 heterocycles. The lowest BCUT2D eigenvalue weighted by Gasteiger charge is -2.16. The molecule has 5 rings (SSSR count). The Kier molecular flexibility index (Phi) is 2.70. The molecule has 3 aromatic rings. The number of para-hydroxylation sites is 1. The van der Waals surface area contributed by atoms with Crippen molar-refractivity contribution in [3.05, 3.63) is 59.8 Å². The van der Waals surface area contributed by atoms with E-state index in [4.69, 9.17) is 14.5 Å². The van der Waals surface area contributed by atoms with E-state index >= 15 is 0 Å². The second-order valence-corrected chi connectivity index (χ2v) is 5.76. The Balaban J connectivity index is 1.71. The standard InChI is InChI=1S/C19H12N2O3/c22-17-8-15(12-5-6-20-14-4-2-1-3-11(12)14)21-16-9-19-18(7-13(16)17)23-10-24-19/h1-7,9H,8,10H2. The van der Waals surface area contributed by atoms with Crippen LogP contribution >= 0.6 is 0 Å². The highest BCUT2D eigenvalue weighted by molar-refractivity contribution is 6.24. The molecule has 0 bridgehead atoms. The zero-order chi connectivity index (χ0) is 16.1. The van der Waals surface area contributed by atoms with Crippen LogP contribution in [0.2, 0.25) is 0 Å². The molecule has 0 unspecified atom stereocenters. The average Bonchev–Trinajstić information content (AvgIpc) is 3.07. The van der Waals surface area contributed by atoms with Crippen molar-refractivity contribution in [1.29, 1.82) is 0 Å². The SMILES string of the molecule is O=C1CC(c2ccnc3ccccc23)=Nc2cc3c(cc21)OCO3. The molecular formula is C19H12N2O3. The molecule has 24 heavy (non-hydrogen) atoms. The first-order valence-corrected chi connectivity index (χ1v) is 7.68. The number of aliphatic imine (C=N–C) groups is 1. The van der Waals surface area contributed by atoms with Crippen LogP contribution in [0, 0.1) is 0 Å². The number of hydrogen-bond donors (Lipinski definition) is 0. The van der Waals surface area contributed by atoms with E-state index in [0.29, 0.717) is 22.7 Å². The van der Waals surface area contributed by atoms with Crippen molar-refractivity contribution in [2.45, 2.75) is 6.42 Å². The molecule has 0 atom stereocenters. The van der Waals surface area contributed by atoms with Crippen LogP contribution in [0.1, 0.15) is 22.3 Å². The van der Waals surface area contributed by atoms with Gasteiger partial charge in [0.15, 0.2) is 17.3 Å². The largest absolute Gasteiger partial charge is 0.454 e. The van der Waals surface area contributed by atoms with Gasteiger partial charge in [0.05, 0.1) is 23.3 Å². The highest BCUT2D eigenvalue weighted by atomic mass is 16.7. The second-order valence-electron chi connectivity index (χ2n) is 5.76. The number of rotatable bonds is 1. The number of ether oxygens (including phenoxy) is 2. The van der Waals surface area contributed by atoms with Gasteiger partial charge in [0.2, 0.25) is 6.79 Å². The van der Waals surface area contributed by atoms with E-state index in [-0.39, 0.29) is 19.0 Å². The predicted octanol–water partition coefficient (Wildman–Crippen LogP) is 3.67. The Morgan fingerprint density at radius 3 is 2.71 bits per heavy atom. The van der Waals surface area contributed by atoms with Crippen molar-refractivity contribution in [2.75, 3.05) is 6.79 Å². The number of benzene rings is 2. The molecule has 0 amide bonds. The summed E-state index contributed by atoms with van der Waals surface area (Å²) in [5.41, 5.74) is 3.80. The summed E-state index contributed by atoms with van der Waals surface area (Å²) in [5, 5.41) is 0.996. The number of ketones is 1. The summed E-state index contributed by atoms with van der Waals surface area (Å²) in [6, 6.07) is 13.3. The smallest absolute Gasteiger partial charge is 0.231 e. The Morgan fingerprint density at radius 1 is 0.958 bits per heavy atom. The predicted molar refractivity (Wildman–Crippen MR) is 89.5 cm³/mol. The number of nitrogens with zero attached hydrogens (tertiary/aromatic N) is 2. The van der Waals surface area contributed by atoms with Crippen molar-refractivity contribution < 1.29 is 14.3 Å². The van der Waals surface area contributed by atoms with E-state index in [2.05, 4.69) is 4.98 Å². The second kappa shape index (κ2) is 4.89. The van der Waals surface area contributed by atoms with Crippen LogP contribution in [0.25, 0.3) is 10.9 Å². The topological polar surface area (TPSA) is 60.8 Å². The first-order chi connectivity index (χ1) is 11.8. The number of pyridine rings is 1. The number of carbonyl (C=O) groups is 1. The van der Waals surface area contributed by atoms with E-state index in [1.807, 2.05) is 30.3 Å². The number of fused-ring (bicyclic) bond motifs is 3. The maximum absolute atomic E-state index is 12.6. The Bertz CT molecular complexity index is 1030. The average molecular weight is 316 g/mol. The van der Waals surface area contributed by atoms with Crippen molar-refractivity contribution in [3.63, 3.8) is 0 Å². The molecule has 0 aliphatic carbocycles. The van der Waals surface area contributed by atoms with E-state index in [1.165, 1.54) is 0 Å². The molecule has 2 aliphatic rings. The van der Waals surface area contributed by atoms with Gasteiger partial charge < -0.3 is 9.47 Å². The van der Waals surface area contributed by atoms with Gasteiger partial charge in [0.1, 0.15) is 0 Å². The lowest BCUT2D eigenvalue weighted by molar-refractivity contribution is 0.0999. The normalized spacial score (nSPS) is 15.3. The fourth-order valence-electron chi connectivity index (χ4n) is 3.18. The minimum absolute atomic E-state index is 0.0363. The van der Waals surface area contributed by atoms with Gasteiger partial charge in [-0.1, -0.05) is 18.2 Å². The molecule has 0 radical (unpaired) electrons. The lowest BCUT2D eigenvalue weighted by Crippen LogP contribution is -2.14. The molecule has 1 aromatic heterocycles. The highest BCUT2D eigenvalue weighted by Gasteiger charge is 2.26. The third-order valence-electron chi connectivity index (χ3n) is 4.33. The lowest BCUT2D eigenvalue weighted by atomic mass is 9.94. The third kappa shape index (κ3) is 1.91. The minimum atomic E-state index is 0.0363. The zero-order valence-corrected chi connectivity index (χ0v) is 12.7. The molecule has 0 spiro atoms. The summed E-state index contributed by atoms with van der Waals surface area (Å²) in [6.07, 6.45) is 2.01. The maximum Gasteiger partial charge on any atom is 0.231 e. The van der Waals surface area contributed by atoms with Gasteiger partial charge in [0.25, 0.3) is 0 Å².